The molecule has 0 fully saturated rings. The van der Waals surface area contributed by atoms with Crippen LogP contribution in [0.15, 0.2) is 36.5 Å². The fraction of sp³-hybridized carbons (Fsp3) is 0.812. The molecule has 0 aliphatic heterocycles. The van der Waals surface area contributed by atoms with Gasteiger partial charge in [-0.05, 0) is 37.0 Å². The molecule has 0 saturated carbocycles. The molecule has 0 unspecified atom stereocenters. The molecule has 0 aromatic carbocycles. The van der Waals surface area contributed by atoms with Gasteiger partial charge in [0.1, 0.15) is 0 Å². The van der Waals surface area contributed by atoms with E-state index in [1.54, 1.807) is 0 Å². The molecule has 4 heteroatoms. The Morgan fingerprint density at radius 1 is 0.417 bits per heavy atom. The summed E-state index contributed by atoms with van der Waals surface area (Å²) in [6.07, 6.45) is 17.5. The summed E-state index contributed by atoms with van der Waals surface area (Å²) in [5, 5.41) is 32.7. The van der Waals surface area contributed by atoms with E-state index in [0.29, 0.717) is 37.0 Å². The molecule has 3 nitrogen and oxygen atoms in total. The molecule has 0 rings (SSSR count). The van der Waals surface area contributed by atoms with Crippen LogP contribution in [0.5, 0.6) is 0 Å². The molecule has 0 saturated heterocycles. The second kappa shape index (κ2) is 36.8. The van der Waals surface area contributed by atoms with Crippen molar-refractivity contribution in [2.45, 2.75) is 118 Å². The van der Waals surface area contributed by atoms with Crippen LogP contribution in [-0.2, 0) is 0 Å². The Morgan fingerprint density at radius 2 is 0.667 bits per heavy atom. The molecule has 36 heavy (non-hydrogen) atoms. The Bertz CT molecular complexity index is 392. The van der Waals surface area contributed by atoms with E-state index < -0.39 is 0 Å². The van der Waals surface area contributed by atoms with Gasteiger partial charge in [-0.2, -0.15) is 0 Å². The van der Waals surface area contributed by atoms with Gasteiger partial charge in [-0.25, -0.2) is 0 Å². The van der Waals surface area contributed by atoms with Gasteiger partial charge in [0.2, 0.25) is 0 Å². The van der Waals surface area contributed by atoms with Crippen LogP contribution in [0.1, 0.15) is 108 Å². The van der Waals surface area contributed by atoms with E-state index in [0.717, 1.165) is 46.3 Å². The molecule has 0 aromatic rings. The van der Waals surface area contributed by atoms with Gasteiger partial charge in [0.15, 0.2) is 0 Å². The summed E-state index contributed by atoms with van der Waals surface area (Å²) < 4.78 is 0. The van der Waals surface area contributed by atoms with E-state index in [-0.39, 0.29) is 19.8 Å². The number of hydrogen-bond donors (Lipinski definition) is 0. The Labute approximate surface area is 234 Å². The van der Waals surface area contributed by atoms with Crippen molar-refractivity contribution in [1.82, 2.24) is 0 Å². The van der Waals surface area contributed by atoms with E-state index in [2.05, 4.69) is 87.5 Å². The van der Waals surface area contributed by atoms with Crippen molar-refractivity contribution in [3.8, 4) is 0 Å². The quantitative estimate of drug-likeness (QED) is 0.164. The van der Waals surface area contributed by atoms with Gasteiger partial charge in [-0.1, -0.05) is 97.3 Å². The fourth-order valence-corrected chi connectivity index (χ4v) is 3.95. The van der Waals surface area contributed by atoms with Crippen LogP contribution >= 0.6 is 0 Å². The third-order valence-corrected chi connectivity index (χ3v) is 7.00. The van der Waals surface area contributed by atoms with Gasteiger partial charge in [0.25, 0.3) is 0 Å². The van der Waals surface area contributed by atoms with Crippen molar-refractivity contribution < 1.29 is 15.3 Å². The molecule has 0 aliphatic carbocycles. The van der Waals surface area contributed by atoms with Gasteiger partial charge in [-0.3, -0.25) is 0 Å². The second-order valence-corrected chi connectivity index (χ2v) is 12.8. The van der Waals surface area contributed by atoms with E-state index in [1.165, 1.54) is 10.6 Å². The molecule has 0 amide bonds. The van der Waals surface area contributed by atoms with Gasteiger partial charge in [-0.15, -0.1) is 19.8 Å². The minimum atomic E-state index is 0.0224. The topological polar surface area (TPSA) is 69.2 Å². The van der Waals surface area contributed by atoms with Crippen molar-refractivity contribution in [1.29, 1.82) is 0 Å². The summed E-state index contributed by atoms with van der Waals surface area (Å²) >= 11 is 0.755. The zero-order chi connectivity index (χ0) is 28.6. The molecular formula is C32H63AlO3-2. The monoisotopic (exact) mass is 522 g/mol. The van der Waals surface area contributed by atoms with Crippen molar-refractivity contribution in [2.75, 3.05) is 19.8 Å². The summed E-state index contributed by atoms with van der Waals surface area (Å²) in [6, 6.07) is 0. The Kier molecular flexibility index (Phi) is 43.6. The van der Waals surface area contributed by atoms with Gasteiger partial charge >= 0.3 is 65.3 Å². The van der Waals surface area contributed by atoms with Gasteiger partial charge in [0.05, 0.1) is 0 Å². The summed E-state index contributed by atoms with van der Waals surface area (Å²) in [4.78, 5) is 0. The summed E-state index contributed by atoms with van der Waals surface area (Å²) in [6.45, 7) is 22.3. The van der Waals surface area contributed by atoms with Crippen molar-refractivity contribution >= 4 is 15.2 Å². The summed E-state index contributed by atoms with van der Waals surface area (Å²) in [5.41, 5.74) is 0. The van der Waals surface area contributed by atoms with E-state index in [1.807, 2.05) is 18.2 Å². The number of allylic oxidation sites excluding steroid dienone is 3. The summed E-state index contributed by atoms with van der Waals surface area (Å²) in [5.74, 6) is 4.01. The Balaban J connectivity index is -0.000000190. The first-order valence-corrected chi connectivity index (χ1v) is 16.1. The number of hydrogen-bond acceptors (Lipinski definition) is 3. The summed E-state index contributed by atoms with van der Waals surface area (Å²) in [7, 11) is 0. The van der Waals surface area contributed by atoms with Gasteiger partial charge in [0, 0.05) is 0 Å². The van der Waals surface area contributed by atoms with E-state index in [9.17, 15) is 15.3 Å². The molecule has 0 radical (unpaired) electrons. The third-order valence-electron chi connectivity index (χ3n) is 4.45. The average molecular weight is 523 g/mol. The molecule has 0 bridgehead atoms. The molecule has 214 valence electrons. The average Bonchev–Trinajstić information content (AvgIpc) is 2.78. The predicted molar refractivity (Wildman–Crippen MR) is 159 cm³/mol. The van der Waals surface area contributed by atoms with Crippen LogP contribution in [0.2, 0.25) is 10.6 Å². The Hall–Kier alpha value is -0.368. The van der Waals surface area contributed by atoms with Crippen LogP contribution < -0.4 is 15.3 Å². The maximum atomic E-state index is 9.92. The van der Waals surface area contributed by atoms with Crippen molar-refractivity contribution in [2.24, 2.45) is 29.6 Å². The van der Waals surface area contributed by atoms with Crippen LogP contribution in [0, 0.1) is 29.6 Å². The zero-order valence-corrected chi connectivity index (χ0v) is 27.1. The molecule has 0 heterocycles. The molecule has 0 aliphatic rings. The second-order valence-electron chi connectivity index (χ2n) is 11.3. The molecule has 0 spiro atoms. The maximum absolute atomic E-state index is 9.92. The minimum absolute atomic E-state index is 0.0224. The van der Waals surface area contributed by atoms with Crippen LogP contribution in [0.25, 0.3) is 0 Å². The van der Waals surface area contributed by atoms with Crippen LogP contribution in [0.4, 0.5) is 0 Å². The van der Waals surface area contributed by atoms with Crippen molar-refractivity contribution in [3.63, 3.8) is 0 Å². The first-order chi connectivity index (χ1) is 16.9. The fourth-order valence-electron chi connectivity index (χ4n) is 2.43. The van der Waals surface area contributed by atoms with Crippen LogP contribution in [-0.4, -0.2) is 35.0 Å². The van der Waals surface area contributed by atoms with E-state index >= 15 is 0 Å². The normalized spacial score (nSPS) is 11.3. The van der Waals surface area contributed by atoms with Crippen LogP contribution in [0.3, 0.4) is 0 Å². The standard InChI is InChI=1S/3C8H15O.2C4H9.Al/c3*1-8(2)6-4-3-5-7-9;2*1-4(2)3;/h3*3-4,8H,5-7H2,1-2H3;2*4H,1H2,2-3H3;/q3*-1;;;+1/b3*4-3+;;;. The first kappa shape index (κ1) is 42.7. The first-order valence-electron chi connectivity index (χ1n) is 14.4. The SMILES string of the molecule is CC(C)C/C=C/CC[O-].CC(C)C/C=C/CC[O-].CC(C)C/C=C/CC[O-].CC(C)[CH2][Al+][CH2]C(C)C. The molecule has 0 N–H and O–H groups in total. The zero-order valence-electron chi connectivity index (χ0n) is 25.9. The number of rotatable bonds is 16. The van der Waals surface area contributed by atoms with Gasteiger partial charge < -0.3 is 15.3 Å². The molecule has 0 atom stereocenters. The van der Waals surface area contributed by atoms with E-state index in [4.69, 9.17) is 0 Å². The molecular weight excluding hydrogens is 459 g/mol. The van der Waals surface area contributed by atoms with Crippen molar-refractivity contribution in [3.05, 3.63) is 36.5 Å². The third kappa shape index (κ3) is 64.1. The Morgan fingerprint density at radius 3 is 0.833 bits per heavy atom. The predicted octanol–water partition coefficient (Wildman–Crippen LogP) is 6.86. The molecule has 0 aromatic heterocycles.